The standard InChI is InChI=1S/C19H22N2O5/c1-4-26-18(24)19(25)14(15(22)13-8-6-12(2)7-9-13)16-20(3)10-5-11-21(16)17(19)23/h6-9,25H,4-5,10-11H2,1-3H3. The van der Waals surface area contributed by atoms with E-state index in [1.165, 1.54) is 4.90 Å². The van der Waals surface area contributed by atoms with Crippen molar-refractivity contribution in [1.29, 1.82) is 0 Å². The maximum Gasteiger partial charge on any atom is 0.353 e. The molecule has 0 aromatic heterocycles. The third-order valence-electron chi connectivity index (χ3n) is 4.74. The lowest BCUT2D eigenvalue weighted by Crippen LogP contribution is -2.52. The summed E-state index contributed by atoms with van der Waals surface area (Å²) in [5.74, 6) is -2.22. The Labute approximate surface area is 151 Å². The van der Waals surface area contributed by atoms with E-state index in [1.807, 2.05) is 6.92 Å². The van der Waals surface area contributed by atoms with Crippen LogP contribution in [0.25, 0.3) is 0 Å². The summed E-state index contributed by atoms with van der Waals surface area (Å²) >= 11 is 0. The minimum absolute atomic E-state index is 0.00834. The fourth-order valence-corrected chi connectivity index (χ4v) is 3.41. The Bertz CT molecular complexity index is 799. The molecule has 0 saturated carbocycles. The Morgan fingerprint density at radius 2 is 1.88 bits per heavy atom. The number of nitrogens with zero attached hydrogens (tertiary/aromatic N) is 2. The number of hydrogen-bond acceptors (Lipinski definition) is 6. The number of esters is 1. The number of Topliss-reactive ketones (excluding diaryl/α,β-unsaturated/α-hetero) is 1. The first-order chi connectivity index (χ1) is 12.3. The fraction of sp³-hybridized carbons (Fsp3) is 0.421. The van der Waals surface area contributed by atoms with Crippen LogP contribution in [0.5, 0.6) is 0 Å². The van der Waals surface area contributed by atoms with Crippen molar-refractivity contribution in [2.24, 2.45) is 0 Å². The molecule has 1 N–H and O–H groups in total. The van der Waals surface area contributed by atoms with Crippen molar-refractivity contribution in [3.63, 3.8) is 0 Å². The summed E-state index contributed by atoms with van der Waals surface area (Å²) in [6.07, 6.45) is 0.677. The summed E-state index contributed by atoms with van der Waals surface area (Å²) in [6, 6.07) is 6.77. The molecular weight excluding hydrogens is 336 g/mol. The van der Waals surface area contributed by atoms with Crippen LogP contribution in [0.4, 0.5) is 0 Å². The van der Waals surface area contributed by atoms with Gasteiger partial charge in [-0.15, -0.1) is 0 Å². The van der Waals surface area contributed by atoms with Gasteiger partial charge in [0.05, 0.1) is 12.2 Å². The summed E-state index contributed by atoms with van der Waals surface area (Å²) < 4.78 is 4.93. The van der Waals surface area contributed by atoms with E-state index in [9.17, 15) is 19.5 Å². The van der Waals surface area contributed by atoms with Crippen molar-refractivity contribution in [2.45, 2.75) is 25.9 Å². The van der Waals surface area contributed by atoms with E-state index in [0.29, 0.717) is 25.1 Å². The number of carbonyl (C=O) groups is 3. The molecule has 1 aromatic rings. The third kappa shape index (κ3) is 2.59. The molecule has 7 heteroatoms. The predicted octanol–water partition coefficient (Wildman–Crippen LogP) is 0.861. The van der Waals surface area contributed by atoms with Gasteiger partial charge in [-0.2, -0.15) is 0 Å². The zero-order valence-corrected chi connectivity index (χ0v) is 15.1. The van der Waals surface area contributed by atoms with E-state index in [-0.39, 0.29) is 18.0 Å². The molecule has 0 radical (unpaired) electrons. The van der Waals surface area contributed by atoms with Gasteiger partial charge in [-0.3, -0.25) is 14.5 Å². The van der Waals surface area contributed by atoms with E-state index in [1.54, 1.807) is 43.1 Å². The number of hydrogen-bond donors (Lipinski definition) is 1. The quantitative estimate of drug-likeness (QED) is 0.488. The first-order valence-corrected chi connectivity index (χ1v) is 8.61. The Hall–Kier alpha value is -2.67. The molecular formula is C19H22N2O5. The van der Waals surface area contributed by atoms with Crippen molar-refractivity contribution in [3.8, 4) is 0 Å². The average Bonchev–Trinajstić information content (AvgIpc) is 2.86. The van der Waals surface area contributed by atoms with Crippen molar-refractivity contribution in [2.75, 3.05) is 26.7 Å². The number of benzene rings is 1. The van der Waals surface area contributed by atoms with Crippen LogP contribution in [0.2, 0.25) is 0 Å². The monoisotopic (exact) mass is 358 g/mol. The predicted molar refractivity (Wildman–Crippen MR) is 93.1 cm³/mol. The molecule has 1 aromatic carbocycles. The minimum Gasteiger partial charge on any atom is -0.463 e. The normalized spacial score (nSPS) is 22.5. The van der Waals surface area contributed by atoms with Crippen LogP contribution in [0, 0.1) is 6.92 Å². The maximum absolute atomic E-state index is 13.2. The summed E-state index contributed by atoms with van der Waals surface area (Å²) in [5.41, 5.74) is -1.58. The zero-order valence-electron chi connectivity index (χ0n) is 15.1. The van der Waals surface area contributed by atoms with Gasteiger partial charge in [-0.25, -0.2) is 4.79 Å². The third-order valence-corrected chi connectivity index (χ3v) is 4.74. The molecule has 1 fully saturated rings. The van der Waals surface area contributed by atoms with Crippen LogP contribution in [0.3, 0.4) is 0 Å². The molecule has 0 spiro atoms. The molecule has 2 heterocycles. The van der Waals surface area contributed by atoms with Crippen molar-refractivity contribution >= 4 is 17.7 Å². The van der Waals surface area contributed by atoms with E-state index in [2.05, 4.69) is 0 Å². The summed E-state index contributed by atoms with van der Waals surface area (Å²) in [6.45, 7) is 4.41. The highest BCUT2D eigenvalue weighted by Crippen LogP contribution is 2.39. The van der Waals surface area contributed by atoms with E-state index in [0.717, 1.165) is 5.56 Å². The van der Waals surface area contributed by atoms with Crippen LogP contribution >= 0.6 is 0 Å². The van der Waals surface area contributed by atoms with Gasteiger partial charge in [0, 0.05) is 25.7 Å². The van der Waals surface area contributed by atoms with Crippen LogP contribution in [0.1, 0.15) is 29.3 Å². The molecule has 2 aliphatic rings. The van der Waals surface area contributed by atoms with E-state index >= 15 is 0 Å². The molecule has 1 atom stereocenters. The first kappa shape index (κ1) is 18.1. The van der Waals surface area contributed by atoms with Gasteiger partial charge >= 0.3 is 5.97 Å². The fourth-order valence-electron chi connectivity index (χ4n) is 3.41. The highest BCUT2D eigenvalue weighted by molar-refractivity contribution is 6.25. The number of amides is 1. The Kier molecular flexibility index (Phi) is 4.58. The molecule has 2 aliphatic heterocycles. The second-order valence-corrected chi connectivity index (χ2v) is 6.56. The lowest BCUT2D eigenvalue weighted by Gasteiger charge is -2.34. The molecule has 3 rings (SSSR count). The zero-order chi connectivity index (χ0) is 19.1. The molecule has 0 bridgehead atoms. The maximum atomic E-state index is 13.2. The van der Waals surface area contributed by atoms with Gasteiger partial charge in [0.2, 0.25) is 0 Å². The number of aryl methyl sites for hydroxylation is 1. The van der Waals surface area contributed by atoms with E-state index in [4.69, 9.17) is 4.74 Å². The van der Waals surface area contributed by atoms with Crippen LogP contribution < -0.4 is 0 Å². The highest BCUT2D eigenvalue weighted by atomic mass is 16.6. The second-order valence-electron chi connectivity index (χ2n) is 6.56. The number of carbonyl (C=O) groups excluding carboxylic acids is 3. The van der Waals surface area contributed by atoms with Crippen LogP contribution in [-0.4, -0.2) is 64.9 Å². The average molecular weight is 358 g/mol. The highest BCUT2D eigenvalue weighted by Gasteiger charge is 2.61. The number of ketones is 1. The number of rotatable bonds is 4. The van der Waals surface area contributed by atoms with Gasteiger partial charge < -0.3 is 14.7 Å². The van der Waals surface area contributed by atoms with Crippen LogP contribution in [-0.2, 0) is 14.3 Å². The Morgan fingerprint density at radius 3 is 2.50 bits per heavy atom. The molecule has 1 saturated heterocycles. The van der Waals surface area contributed by atoms with Gasteiger partial charge in [0.15, 0.2) is 5.78 Å². The molecule has 1 unspecified atom stereocenters. The van der Waals surface area contributed by atoms with Gasteiger partial charge in [-0.05, 0) is 20.3 Å². The molecule has 0 aliphatic carbocycles. The smallest absolute Gasteiger partial charge is 0.353 e. The van der Waals surface area contributed by atoms with Crippen molar-refractivity contribution < 1.29 is 24.2 Å². The van der Waals surface area contributed by atoms with Crippen LogP contribution in [0.15, 0.2) is 35.7 Å². The lowest BCUT2D eigenvalue weighted by atomic mass is 9.88. The summed E-state index contributed by atoms with van der Waals surface area (Å²) in [4.78, 5) is 41.6. The largest absolute Gasteiger partial charge is 0.463 e. The van der Waals surface area contributed by atoms with Crippen molar-refractivity contribution in [1.82, 2.24) is 9.80 Å². The second kappa shape index (κ2) is 6.57. The number of aliphatic hydroxyl groups is 1. The first-order valence-electron chi connectivity index (χ1n) is 8.61. The lowest BCUT2D eigenvalue weighted by molar-refractivity contribution is -0.168. The molecule has 7 nitrogen and oxygen atoms in total. The van der Waals surface area contributed by atoms with Gasteiger partial charge in [0.1, 0.15) is 5.82 Å². The molecule has 138 valence electrons. The number of fused-ring (bicyclic) bond motifs is 1. The van der Waals surface area contributed by atoms with Crippen molar-refractivity contribution in [3.05, 3.63) is 46.8 Å². The Balaban J connectivity index is 2.18. The van der Waals surface area contributed by atoms with Gasteiger partial charge in [0.25, 0.3) is 11.5 Å². The van der Waals surface area contributed by atoms with Gasteiger partial charge in [-0.1, -0.05) is 29.8 Å². The SMILES string of the molecule is CCOC(=O)C1(O)C(=O)N2CCCN(C)C2=C1C(=O)c1ccc(C)cc1. The number of ether oxygens (including phenoxy) is 1. The molecule has 26 heavy (non-hydrogen) atoms. The topological polar surface area (TPSA) is 87.2 Å². The molecule has 1 amide bonds. The van der Waals surface area contributed by atoms with E-state index < -0.39 is 23.3 Å². The minimum atomic E-state index is -2.62. The Morgan fingerprint density at radius 1 is 1.23 bits per heavy atom. The summed E-state index contributed by atoms with van der Waals surface area (Å²) in [5, 5.41) is 11.1. The summed E-state index contributed by atoms with van der Waals surface area (Å²) in [7, 11) is 1.73.